The number of rotatable bonds is 3. The van der Waals surface area contributed by atoms with Crippen LogP contribution in [0, 0.1) is 10.1 Å². The predicted molar refractivity (Wildman–Crippen MR) is 56.6 cm³/mol. The second-order valence-electron chi connectivity index (χ2n) is 3.19. The van der Waals surface area contributed by atoms with Crippen LogP contribution in [0.4, 0.5) is 5.69 Å². The number of aromatic amines is 1. The lowest BCUT2D eigenvalue weighted by Gasteiger charge is -1.98. The summed E-state index contributed by atoms with van der Waals surface area (Å²) in [7, 11) is 0. The molecule has 16 heavy (non-hydrogen) atoms. The molecule has 1 aromatic heterocycles. The van der Waals surface area contributed by atoms with Crippen LogP contribution in [0.2, 0.25) is 0 Å². The van der Waals surface area contributed by atoms with Gasteiger partial charge in [0, 0.05) is 6.07 Å². The first kappa shape index (κ1) is 10.3. The minimum Gasteiger partial charge on any atom is -0.390 e. The van der Waals surface area contributed by atoms with Gasteiger partial charge in [0.1, 0.15) is 5.82 Å². The minimum absolute atomic E-state index is 0.0126. The molecule has 0 saturated heterocycles. The molecule has 0 bridgehead atoms. The molecule has 0 saturated carbocycles. The van der Waals surface area contributed by atoms with E-state index in [4.69, 9.17) is 5.11 Å². The number of H-pyrrole nitrogens is 1. The molecule has 0 spiro atoms. The maximum absolute atomic E-state index is 10.8. The molecule has 2 aromatic rings. The highest BCUT2D eigenvalue weighted by molar-refractivity contribution is 5.67. The fourth-order valence-corrected chi connectivity index (χ4v) is 1.41. The van der Waals surface area contributed by atoms with Crippen molar-refractivity contribution in [3.05, 3.63) is 46.3 Å². The molecule has 0 amide bonds. The Hall–Kier alpha value is -2.21. The largest absolute Gasteiger partial charge is 0.390 e. The summed E-state index contributed by atoms with van der Waals surface area (Å²) in [4.78, 5) is 17.1. The number of nitrogens with one attached hydrogen (secondary N) is 1. The van der Waals surface area contributed by atoms with E-state index in [2.05, 4.69) is 9.97 Å². The average Bonchev–Trinajstić information content (AvgIpc) is 2.77. The molecular weight excluding hydrogens is 210 g/mol. The molecule has 1 heterocycles. The van der Waals surface area contributed by atoms with E-state index in [9.17, 15) is 10.1 Å². The number of aliphatic hydroxyl groups is 1. The van der Waals surface area contributed by atoms with E-state index in [1.165, 1.54) is 12.3 Å². The normalized spacial score (nSPS) is 10.3. The fourth-order valence-electron chi connectivity index (χ4n) is 1.41. The first-order valence-electron chi connectivity index (χ1n) is 4.61. The Morgan fingerprint density at radius 1 is 1.44 bits per heavy atom. The Labute approximate surface area is 90.7 Å². The van der Waals surface area contributed by atoms with Gasteiger partial charge < -0.3 is 10.1 Å². The maximum atomic E-state index is 10.8. The molecule has 0 fully saturated rings. The highest BCUT2D eigenvalue weighted by Crippen LogP contribution is 2.26. The topological polar surface area (TPSA) is 92.1 Å². The number of imidazole rings is 1. The van der Waals surface area contributed by atoms with Crippen LogP contribution in [0.3, 0.4) is 0 Å². The van der Waals surface area contributed by atoms with Crippen molar-refractivity contribution >= 4 is 5.69 Å². The summed E-state index contributed by atoms with van der Waals surface area (Å²) in [5, 5.41) is 19.7. The Bertz CT molecular complexity index is 522. The van der Waals surface area contributed by atoms with Crippen molar-refractivity contribution in [1.29, 1.82) is 0 Å². The molecule has 6 heteroatoms. The van der Waals surface area contributed by atoms with E-state index in [0.29, 0.717) is 17.1 Å². The zero-order valence-electron chi connectivity index (χ0n) is 8.25. The smallest absolute Gasteiger partial charge is 0.280 e. The summed E-state index contributed by atoms with van der Waals surface area (Å²) in [5.74, 6) is 0.386. The van der Waals surface area contributed by atoms with E-state index < -0.39 is 4.92 Å². The Balaban J connectivity index is 2.50. The summed E-state index contributed by atoms with van der Waals surface area (Å²) in [6, 6.07) is 6.32. The van der Waals surface area contributed by atoms with Gasteiger partial charge in [0.2, 0.25) is 0 Å². The summed E-state index contributed by atoms with van der Waals surface area (Å²) in [6.07, 6.45) is 1.45. The van der Waals surface area contributed by atoms with Gasteiger partial charge in [-0.2, -0.15) is 0 Å². The molecule has 6 nitrogen and oxygen atoms in total. The van der Waals surface area contributed by atoms with Crippen LogP contribution in [-0.2, 0) is 6.61 Å². The second kappa shape index (κ2) is 4.11. The van der Waals surface area contributed by atoms with Crippen molar-refractivity contribution in [2.75, 3.05) is 0 Å². The zero-order valence-corrected chi connectivity index (χ0v) is 8.25. The molecule has 82 valence electrons. The maximum Gasteiger partial charge on any atom is 0.280 e. The first-order chi connectivity index (χ1) is 7.72. The van der Waals surface area contributed by atoms with Gasteiger partial charge in [-0.25, -0.2) is 4.98 Å². The van der Waals surface area contributed by atoms with Crippen molar-refractivity contribution in [2.24, 2.45) is 0 Å². The first-order valence-corrected chi connectivity index (χ1v) is 4.61. The average molecular weight is 219 g/mol. The zero-order chi connectivity index (χ0) is 11.5. The highest BCUT2D eigenvalue weighted by Gasteiger charge is 2.16. The van der Waals surface area contributed by atoms with Gasteiger partial charge in [-0.3, -0.25) is 10.1 Å². The summed E-state index contributed by atoms with van der Waals surface area (Å²) in [5.41, 5.74) is 0.918. The van der Waals surface area contributed by atoms with Gasteiger partial charge in [-0.15, -0.1) is 0 Å². The van der Waals surface area contributed by atoms with Gasteiger partial charge in [0.05, 0.1) is 29.0 Å². The van der Waals surface area contributed by atoms with Crippen molar-refractivity contribution < 1.29 is 10.0 Å². The second-order valence-corrected chi connectivity index (χ2v) is 3.19. The molecule has 0 aliphatic heterocycles. The fraction of sp³-hybridized carbons (Fsp3) is 0.100. The van der Waals surface area contributed by atoms with E-state index in [0.717, 1.165) is 0 Å². The SMILES string of the molecule is O=[N+]([O-])c1ccccc1-c1ncc(CO)[nH]1. The number of aliphatic hydroxyl groups excluding tert-OH is 1. The number of nitrogens with zero attached hydrogens (tertiary/aromatic N) is 2. The van der Waals surface area contributed by atoms with E-state index in [1.54, 1.807) is 18.2 Å². The monoisotopic (exact) mass is 219 g/mol. The van der Waals surface area contributed by atoms with Gasteiger partial charge >= 0.3 is 0 Å². The van der Waals surface area contributed by atoms with Gasteiger partial charge in [0.15, 0.2) is 0 Å². The van der Waals surface area contributed by atoms with Crippen LogP contribution >= 0.6 is 0 Å². The number of para-hydroxylation sites is 1. The van der Waals surface area contributed by atoms with Crippen LogP contribution < -0.4 is 0 Å². The lowest BCUT2D eigenvalue weighted by atomic mass is 10.2. The number of hydrogen-bond donors (Lipinski definition) is 2. The third-order valence-corrected chi connectivity index (χ3v) is 2.15. The lowest BCUT2D eigenvalue weighted by Crippen LogP contribution is -1.92. The van der Waals surface area contributed by atoms with E-state index >= 15 is 0 Å². The number of hydrogen-bond acceptors (Lipinski definition) is 4. The van der Waals surface area contributed by atoms with Crippen LogP contribution in [-0.4, -0.2) is 20.0 Å². The van der Waals surface area contributed by atoms with Gasteiger partial charge in [-0.1, -0.05) is 12.1 Å². The quantitative estimate of drug-likeness (QED) is 0.604. The standard InChI is InChI=1S/C10H9N3O3/c14-6-7-5-11-10(12-7)8-3-1-2-4-9(8)13(15)16/h1-5,14H,6H2,(H,11,12). The molecule has 0 radical (unpaired) electrons. The summed E-state index contributed by atoms with van der Waals surface area (Å²) in [6.45, 7) is -0.173. The summed E-state index contributed by atoms with van der Waals surface area (Å²) < 4.78 is 0. The molecule has 0 aliphatic carbocycles. The van der Waals surface area contributed by atoms with Gasteiger partial charge in [-0.05, 0) is 6.07 Å². The molecule has 2 rings (SSSR count). The van der Waals surface area contributed by atoms with E-state index in [1.807, 2.05) is 0 Å². The van der Waals surface area contributed by atoms with Crippen molar-refractivity contribution in [3.8, 4) is 11.4 Å². The number of nitro groups is 1. The third kappa shape index (κ3) is 1.78. The molecule has 0 atom stereocenters. The van der Waals surface area contributed by atoms with Crippen molar-refractivity contribution in [1.82, 2.24) is 9.97 Å². The molecule has 2 N–H and O–H groups in total. The molecule has 1 aromatic carbocycles. The molecule has 0 unspecified atom stereocenters. The predicted octanol–water partition coefficient (Wildman–Crippen LogP) is 1.48. The molecular formula is C10H9N3O3. The Kier molecular flexibility index (Phi) is 2.65. The number of nitro benzene ring substituents is 1. The van der Waals surface area contributed by atoms with Crippen molar-refractivity contribution in [2.45, 2.75) is 6.61 Å². The summed E-state index contributed by atoms with van der Waals surface area (Å²) >= 11 is 0. The highest BCUT2D eigenvalue weighted by atomic mass is 16.6. The lowest BCUT2D eigenvalue weighted by molar-refractivity contribution is -0.384. The third-order valence-electron chi connectivity index (χ3n) is 2.15. The van der Waals surface area contributed by atoms with Crippen LogP contribution in [0.15, 0.2) is 30.5 Å². The van der Waals surface area contributed by atoms with E-state index in [-0.39, 0.29) is 12.3 Å². The Morgan fingerprint density at radius 2 is 2.19 bits per heavy atom. The van der Waals surface area contributed by atoms with Crippen LogP contribution in [0.1, 0.15) is 5.69 Å². The Morgan fingerprint density at radius 3 is 2.81 bits per heavy atom. The van der Waals surface area contributed by atoms with Crippen molar-refractivity contribution in [3.63, 3.8) is 0 Å². The molecule has 0 aliphatic rings. The number of benzene rings is 1. The van der Waals surface area contributed by atoms with Gasteiger partial charge in [0.25, 0.3) is 5.69 Å². The van der Waals surface area contributed by atoms with Crippen LogP contribution in [0.5, 0.6) is 0 Å². The number of aromatic nitrogens is 2. The minimum atomic E-state index is -0.462. The van der Waals surface area contributed by atoms with Crippen LogP contribution in [0.25, 0.3) is 11.4 Å².